The van der Waals surface area contributed by atoms with Crippen LogP contribution in [0.25, 0.3) is 0 Å². The van der Waals surface area contributed by atoms with Crippen LogP contribution in [-0.2, 0) is 13.0 Å². The second-order valence-corrected chi connectivity index (χ2v) is 7.04. The molecule has 0 bridgehead atoms. The minimum absolute atomic E-state index is 0.553. The molecule has 0 amide bonds. The van der Waals surface area contributed by atoms with E-state index in [1.807, 2.05) is 0 Å². The number of benzene rings is 1. The van der Waals surface area contributed by atoms with Gasteiger partial charge in [0.15, 0.2) is 0 Å². The summed E-state index contributed by atoms with van der Waals surface area (Å²) < 4.78 is 0. The van der Waals surface area contributed by atoms with E-state index in [-0.39, 0.29) is 0 Å². The van der Waals surface area contributed by atoms with E-state index in [1.165, 1.54) is 49.8 Å². The van der Waals surface area contributed by atoms with Crippen LogP contribution in [0.2, 0.25) is 0 Å². The van der Waals surface area contributed by atoms with E-state index in [0.717, 1.165) is 12.5 Å². The van der Waals surface area contributed by atoms with E-state index < -0.39 is 0 Å². The van der Waals surface area contributed by atoms with Gasteiger partial charge in [0, 0.05) is 13.1 Å². The molecular formula is C18H29N. The number of hydrogen-bond acceptors (Lipinski definition) is 1. The molecule has 0 aliphatic heterocycles. The third kappa shape index (κ3) is 4.65. The molecule has 0 aromatic heterocycles. The number of rotatable bonds is 6. The summed E-state index contributed by atoms with van der Waals surface area (Å²) in [6.45, 7) is 9.16. The fraction of sp³-hybridized carbons (Fsp3) is 0.667. The maximum atomic E-state index is 3.64. The van der Waals surface area contributed by atoms with Crippen LogP contribution in [-0.4, -0.2) is 6.54 Å². The lowest BCUT2D eigenvalue weighted by molar-refractivity contribution is 0.314. The Morgan fingerprint density at radius 3 is 2.21 bits per heavy atom. The Morgan fingerprint density at radius 1 is 1.05 bits per heavy atom. The standard InChI is InChI=1S/C18H29N/c1-15(2)12-16-6-8-17(9-7-16)13-19-14-18(3)10-4-5-11-18/h6-9,15,19H,4-5,10-14H2,1-3H3. The van der Waals surface area contributed by atoms with Crippen molar-refractivity contribution in [3.63, 3.8) is 0 Å². The Labute approximate surface area is 118 Å². The van der Waals surface area contributed by atoms with E-state index in [4.69, 9.17) is 0 Å². The average Bonchev–Trinajstić information content (AvgIpc) is 2.78. The molecule has 0 spiro atoms. The van der Waals surface area contributed by atoms with Gasteiger partial charge in [0.25, 0.3) is 0 Å². The highest BCUT2D eigenvalue weighted by Gasteiger charge is 2.27. The van der Waals surface area contributed by atoms with Gasteiger partial charge in [-0.2, -0.15) is 0 Å². The SMILES string of the molecule is CC(C)Cc1ccc(CNCC2(C)CCCC2)cc1. The first-order valence-corrected chi connectivity index (χ1v) is 7.86. The molecule has 0 saturated heterocycles. The van der Waals surface area contributed by atoms with Crippen molar-refractivity contribution in [2.24, 2.45) is 11.3 Å². The van der Waals surface area contributed by atoms with Crippen LogP contribution in [0.15, 0.2) is 24.3 Å². The highest BCUT2D eigenvalue weighted by Crippen LogP contribution is 2.36. The molecule has 0 unspecified atom stereocenters. The lowest BCUT2D eigenvalue weighted by Gasteiger charge is -2.23. The van der Waals surface area contributed by atoms with E-state index in [9.17, 15) is 0 Å². The molecule has 1 aliphatic rings. The first kappa shape index (κ1) is 14.6. The monoisotopic (exact) mass is 259 g/mol. The predicted octanol–water partition coefficient (Wildman–Crippen LogP) is 4.56. The van der Waals surface area contributed by atoms with Crippen LogP contribution >= 0.6 is 0 Å². The van der Waals surface area contributed by atoms with E-state index >= 15 is 0 Å². The van der Waals surface area contributed by atoms with Crippen molar-refractivity contribution in [1.82, 2.24) is 5.32 Å². The minimum Gasteiger partial charge on any atom is -0.312 e. The molecule has 0 radical (unpaired) electrons. The predicted molar refractivity (Wildman–Crippen MR) is 83.3 cm³/mol. The summed E-state index contributed by atoms with van der Waals surface area (Å²) in [5.74, 6) is 0.742. The molecule has 0 heterocycles. The van der Waals surface area contributed by atoms with E-state index in [2.05, 4.69) is 50.4 Å². The van der Waals surface area contributed by atoms with Gasteiger partial charge in [-0.1, -0.05) is 57.9 Å². The Morgan fingerprint density at radius 2 is 1.63 bits per heavy atom. The first-order chi connectivity index (χ1) is 9.07. The van der Waals surface area contributed by atoms with E-state index in [1.54, 1.807) is 0 Å². The zero-order valence-electron chi connectivity index (χ0n) is 12.8. The van der Waals surface area contributed by atoms with Crippen molar-refractivity contribution < 1.29 is 0 Å². The number of hydrogen-bond donors (Lipinski definition) is 1. The van der Waals surface area contributed by atoms with Gasteiger partial charge >= 0.3 is 0 Å². The third-order valence-corrected chi connectivity index (χ3v) is 4.36. The lowest BCUT2D eigenvalue weighted by atomic mass is 9.89. The Balaban J connectivity index is 1.76. The van der Waals surface area contributed by atoms with Gasteiger partial charge in [0.1, 0.15) is 0 Å². The second kappa shape index (κ2) is 6.56. The third-order valence-electron chi connectivity index (χ3n) is 4.36. The summed E-state index contributed by atoms with van der Waals surface area (Å²) in [4.78, 5) is 0. The van der Waals surface area contributed by atoms with E-state index in [0.29, 0.717) is 5.41 Å². The minimum atomic E-state index is 0.553. The fourth-order valence-electron chi connectivity index (χ4n) is 3.18. The van der Waals surface area contributed by atoms with Gasteiger partial charge in [-0.3, -0.25) is 0 Å². The molecule has 1 heteroatoms. The summed E-state index contributed by atoms with van der Waals surface area (Å²) in [5, 5.41) is 3.64. The van der Waals surface area contributed by atoms with Crippen molar-refractivity contribution in [1.29, 1.82) is 0 Å². The Bertz CT molecular complexity index is 371. The normalized spacial score (nSPS) is 18.1. The van der Waals surface area contributed by atoms with Crippen LogP contribution in [0.4, 0.5) is 0 Å². The zero-order valence-corrected chi connectivity index (χ0v) is 12.8. The van der Waals surface area contributed by atoms with Gasteiger partial charge in [-0.25, -0.2) is 0 Å². The maximum absolute atomic E-state index is 3.64. The van der Waals surface area contributed by atoms with Gasteiger partial charge in [-0.15, -0.1) is 0 Å². The van der Waals surface area contributed by atoms with Crippen molar-refractivity contribution in [2.75, 3.05) is 6.54 Å². The van der Waals surface area contributed by atoms with Crippen LogP contribution in [0.3, 0.4) is 0 Å². The number of nitrogens with one attached hydrogen (secondary N) is 1. The summed E-state index contributed by atoms with van der Waals surface area (Å²) in [6.07, 6.45) is 6.82. The fourth-order valence-corrected chi connectivity index (χ4v) is 3.18. The molecule has 1 aromatic rings. The van der Waals surface area contributed by atoms with Crippen LogP contribution in [0.5, 0.6) is 0 Å². The maximum Gasteiger partial charge on any atom is 0.0205 e. The van der Waals surface area contributed by atoms with Crippen molar-refractivity contribution in [2.45, 2.75) is 59.4 Å². The molecule has 106 valence electrons. The summed E-state index contributed by atoms with van der Waals surface area (Å²) in [7, 11) is 0. The van der Waals surface area contributed by atoms with Gasteiger partial charge < -0.3 is 5.32 Å². The largest absolute Gasteiger partial charge is 0.312 e. The van der Waals surface area contributed by atoms with Crippen molar-refractivity contribution >= 4 is 0 Å². The zero-order chi connectivity index (χ0) is 13.7. The lowest BCUT2D eigenvalue weighted by Crippen LogP contribution is -2.29. The highest BCUT2D eigenvalue weighted by atomic mass is 14.9. The van der Waals surface area contributed by atoms with Gasteiger partial charge in [-0.05, 0) is 41.7 Å². The molecule has 1 fully saturated rings. The first-order valence-electron chi connectivity index (χ1n) is 7.86. The van der Waals surface area contributed by atoms with Crippen molar-refractivity contribution in [3.05, 3.63) is 35.4 Å². The van der Waals surface area contributed by atoms with Crippen LogP contribution < -0.4 is 5.32 Å². The molecule has 1 aromatic carbocycles. The molecule has 1 saturated carbocycles. The molecule has 1 N–H and O–H groups in total. The van der Waals surface area contributed by atoms with Crippen molar-refractivity contribution in [3.8, 4) is 0 Å². The average molecular weight is 259 g/mol. The molecular weight excluding hydrogens is 230 g/mol. The summed E-state index contributed by atoms with van der Waals surface area (Å²) in [6, 6.07) is 9.13. The Kier molecular flexibility index (Phi) is 5.04. The topological polar surface area (TPSA) is 12.0 Å². The highest BCUT2D eigenvalue weighted by molar-refractivity contribution is 5.22. The van der Waals surface area contributed by atoms with Gasteiger partial charge in [0.05, 0.1) is 0 Å². The van der Waals surface area contributed by atoms with Gasteiger partial charge in [0.2, 0.25) is 0 Å². The molecule has 2 rings (SSSR count). The van der Waals surface area contributed by atoms with Crippen LogP contribution in [0, 0.1) is 11.3 Å². The quantitative estimate of drug-likeness (QED) is 0.790. The smallest absolute Gasteiger partial charge is 0.0205 e. The summed E-state index contributed by atoms with van der Waals surface area (Å²) >= 11 is 0. The van der Waals surface area contributed by atoms with Crippen LogP contribution in [0.1, 0.15) is 57.6 Å². The molecule has 1 nitrogen and oxygen atoms in total. The summed E-state index contributed by atoms with van der Waals surface area (Å²) in [5.41, 5.74) is 3.42. The Hall–Kier alpha value is -0.820. The molecule has 0 atom stereocenters. The molecule has 1 aliphatic carbocycles. The molecule has 19 heavy (non-hydrogen) atoms. The second-order valence-electron chi connectivity index (χ2n) is 7.04.